The number of rotatable bonds is 10. The van der Waals surface area contributed by atoms with E-state index in [-0.39, 0.29) is 0 Å². The molecule has 0 aliphatic rings. The molecular formula is C17H33NO2Si2. The molecule has 0 atom stereocenters. The standard InChI is InChI=1S/C17H33NO2Si2/c1-7-19-21(6,20-8-2)18(17-15-13-12-14-16-17)22(9-3,10-4)11-5/h12-16H,7-11H2,1-6H3. The molecule has 0 aromatic heterocycles. The molecule has 0 heterocycles. The molecule has 1 aromatic carbocycles. The smallest absolute Gasteiger partial charge is 0.381 e. The van der Waals surface area contributed by atoms with Crippen molar-refractivity contribution in [3.8, 4) is 0 Å². The van der Waals surface area contributed by atoms with E-state index in [1.807, 2.05) is 0 Å². The van der Waals surface area contributed by atoms with Gasteiger partial charge in [0.1, 0.15) is 0 Å². The van der Waals surface area contributed by atoms with E-state index in [0.717, 1.165) is 0 Å². The first-order valence-electron chi connectivity index (χ1n) is 8.66. The molecular weight excluding hydrogens is 306 g/mol. The van der Waals surface area contributed by atoms with Crippen molar-refractivity contribution in [2.24, 2.45) is 0 Å². The molecule has 1 rings (SSSR count). The van der Waals surface area contributed by atoms with Gasteiger partial charge in [0.05, 0.1) is 0 Å². The topological polar surface area (TPSA) is 21.7 Å². The van der Waals surface area contributed by atoms with Gasteiger partial charge in [0.25, 0.3) is 0 Å². The van der Waals surface area contributed by atoms with E-state index in [4.69, 9.17) is 8.85 Å². The molecule has 22 heavy (non-hydrogen) atoms. The zero-order valence-corrected chi connectivity index (χ0v) is 17.2. The van der Waals surface area contributed by atoms with Gasteiger partial charge in [-0.25, -0.2) is 0 Å². The van der Waals surface area contributed by atoms with Crippen LogP contribution >= 0.6 is 0 Å². The second-order valence-electron chi connectivity index (χ2n) is 5.72. The highest BCUT2D eigenvalue weighted by Gasteiger charge is 2.50. The normalized spacial score (nSPS) is 12.5. The summed E-state index contributed by atoms with van der Waals surface area (Å²) in [6, 6.07) is 14.4. The number of anilines is 1. The summed E-state index contributed by atoms with van der Waals surface area (Å²) in [5.74, 6) is 0. The van der Waals surface area contributed by atoms with Crippen LogP contribution in [0.2, 0.25) is 24.7 Å². The fourth-order valence-electron chi connectivity index (χ4n) is 3.45. The van der Waals surface area contributed by atoms with Crippen LogP contribution in [-0.2, 0) is 8.85 Å². The van der Waals surface area contributed by atoms with E-state index in [1.165, 1.54) is 23.8 Å². The minimum absolute atomic E-state index is 0.702. The van der Waals surface area contributed by atoms with Gasteiger partial charge in [0.15, 0.2) is 8.24 Å². The molecule has 0 spiro atoms. The molecule has 0 fully saturated rings. The molecule has 0 unspecified atom stereocenters. The Morgan fingerprint density at radius 2 is 1.27 bits per heavy atom. The first-order valence-corrected chi connectivity index (χ1v) is 13.5. The van der Waals surface area contributed by atoms with Crippen LogP contribution in [0, 0.1) is 0 Å². The average molecular weight is 340 g/mol. The Balaban J connectivity index is 3.44. The zero-order valence-electron chi connectivity index (χ0n) is 15.2. The van der Waals surface area contributed by atoms with Crippen LogP contribution in [0.3, 0.4) is 0 Å². The highest BCUT2D eigenvalue weighted by Crippen LogP contribution is 2.35. The molecule has 0 amide bonds. The van der Waals surface area contributed by atoms with Crippen molar-refractivity contribution in [3.05, 3.63) is 30.3 Å². The third kappa shape index (κ3) is 4.01. The van der Waals surface area contributed by atoms with Crippen molar-refractivity contribution in [1.82, 2.24) is 0 Å². The first-order chi connectivity index (χ1) is 10.5. The van der Waals surface area contributed by atoms with E-state index in [0.29, 0.717) is 13.2 Å². The Morgan fingerprint density at radius 1 is 0.818 bits per heavy atom. The van der Waals surface area contributed by atoms with Crippen molar-refractivity contribution in [2.75, 3.05) is 17.4 Å². The van der Waals surface area contributed by atoms with Gasteiger partial charge >= 0.3 is 8.72 Å². The second kappa shape index (κ2) is 8.86. The summed E-state index contributed by atoms with van der Waals surface area (Å²) in [5.41, 5.74) is 1.27. The van der Waals surface area contributed by atoms with Crippen molar-refractivity contribution < 1.29 is 8.85 Å². The average Bonchev–Trinajstić information content (AvgIpc) is 2.54. The Morgan fingerprint density at radius 3 is 1.64 bits per heavy atom. The Bertz CT molecular complexity index is 410. The summed E-state index contributed by atoms with van der Waals surface area (Å²) in [5, 5.41) is 0. The Labute approximate surface area is 139 Å². The number of hydrogen-bond donors (Lipinski definition) is 0. The lowest BCUT2D eigenvalue weighted by molar-refractivity contribution is 0.190. The highest BCUT2D eigenvalue weighted by atomic mass is 28.4. The predicted octanol–water partition coefficient (Wildman–Crippen LogP) is 5.14. The SMILES string of the molecule is CCO[Si](C)(OCC)N(c1ccccc1)[Si](CC)(CC)CC. The number of para-hydroxylation sites is 1. The fraction of sp³-hybridized carbons (Fsp3) is 0.647. The van der Waals surface area contributed by atoms with Crippen LogP contribution in [0.25, 0.3) is 0 Å². The number of hydrogen-bond acceptors (Lipinski definition) is 3. The summed E-state index contributed by atoms with van der Waals surface area (Å²) in [4.78, 5) is 0. The van der Waals surface area contributed by atoms with Crippen LogP contribution in [0.4, 0.5) is 5.69 Å². The molecule has 126 valence electrons. The van der Waals surface area contributed by atoms with Crippen LogP contribution in [-0.4, -0.2) is 30.2 Å². The van der Waals surface area contributed by atoms with E-state index in [1.54, 1.807) is 0 Å². The van der Waals surface area contributed by atoms with Gasteiger partial charge in [-0.2, -0.15) is 0 Å². The third-order valence-corrected chi connectivity index (χ3v) is 15.2. The number of nitrogens with zero attached hydrogens (tertiary/aromatic N) is 1. The van der Waals surface area contributed by atoms with Crippen LogP contribution in [0.15, 0.2) is 30.3 Å². The van der Waals surface area contributed by atoms with Gasteiger partial charge < -0.3 is 13.1 Å². The molecule has 3 nitrogen and oxygen atoms in total. The summed E-state index contributed by atoms with van der Waals surface area (Å²) in [6.45, 7) is 14.8. The Kier molecular flexibility index (Phi) is 7.82. The van der Waals surface area contributed by atoms with Crippen LogP contribution in [0.5, 0.6) is 0 Å². The lowest BCUT2D eigenvalue weighted by Gasteiger charge is -2.50. The summed E-state index contributed by atoms with van der Waals surface area (Å²) in [7, 11) is -4.08. The maximum atomic E-state index is 6.28. The van der Waals surface area contributed by atoms with Crippen molar-refractivity contribution >= 4 is 22.6 Å². The van der Waals surface area contributed by atoms with E-state index in [2.05, 4.69) is 75.7 Å². The monoisotopic (exact) mass is 339 g/mol. The minimum Gasteiger partial charge on any atom is -0.381 e. The molecule has 0 aliphatic carbocycles. The summed E-state index contributed by atoms with van der Waals surface area (Å²) < 4.78 is 15.2. The lowest BCUT2D eigenvalue weighted by Crippen LogP contribution is -2.68. The fourth-order valence-corrected chi connectivity index (χ4v) is 13.9. The molecule has 0 saturated heterocycles. The van der Waals surface area contributed by atoms with Gasteiger partial charge in [-0.3, -0.25) is 0 Å². The quantitative estimate of drug-likeness (QED) is 0.551. The van der Waals surface area contributed by atoms with Gasteiger partial charge in [0.2, 0.25) is 0 Å². The number of benzene rings is 1. The third-order valence-electron chi connectivity index (χ3n) is 4.69. The van der Waals surface area contributed by atoms with Gasteiger partial charge in [0, 0.05) is 18.9 Å². The van der Waals surface area contributed by atoms with Crippen molar-refractivity contribution in [3.63, 3.8) is 0 Å². The van der Waals surface area contributed by atoms with Gasteiger partial charge in [-0.1, -0.05) is 39.0 Å². The van der Waals surface area contributed by atoms with Crippen molar-refractivity contribution in [2.45, 2.75) is 59.3 Å². The van der Waals surface area contributed by atoms with Gasteiger partial charge in [-0.05, 0) is 50.7 Å². The molecule has 0 aliphatic heterocycles. The summed E-state index contributed by atoms with van der Waals surface area (Å²) >= 11 is 0. The van der Waals surface area contributed by atoms with E-state index < -0.39 is 17.0 Å². The van der Waals surface area contributed by atoms with Crippen LogP contribution in [0.1, 0.15) is 34.6 Å². The molecule has 0 N–H and O–H groups in total. The largest absolute Gasteiger partial charge is 0.447 e. The summed E-state index contributed by atoms with van der Waals surface area (Å²) in [6.07, 6.45) is 0. The van der Waals surface area contributed by atoms with Gasteiger partial charge in [-0.15, -0.1) is 0 Å². The first kappa shape index (κ1) is 19.4. The van der Waals surface area contributed by atoms with E-state index in [9.17, 15) is 0 Å². The minimum atomic E-state index is -2.42. The second-order valence-corrected chi connectivity index (χ2v) is 14.0. The molecule has 5 heteroatoms. The molecule has 0 saturated carbocycles. The Hall–Kier alpha value is -0.626. The van der Waals surface area contributed by atoms with E-state index >= 15 is 0 Å². The molecule has 0 bridgehead atoms. The lowest BCUT2D eigenvalue weighted by atomic mass is 10.3. The molecule has 1 aromatic rings. The zero-order chi connectivity index (χ0) is 16.6. The molecule has 0 radical (unpaired) electrons. The van der Waals surface area contributed by atoms with Crippen LogP contribution < -0.4 is 4.23 Å². The highest BCUT2D eigenvalue weighted by molar-refractivity contribution is 6.97. The maximum absolute atomic E-state index is 6.28. The predicted molar refractivity (Wildman–Crippen MR) is 101 cm³/mol. The maximum Gasteiger partial charge on any atom is 0.447 e. The van der Waals surface area contributed by atoms with Crippen molar-refractivity contribution in [1.29, 1.82) is 0 Å².